The van der Waals surface area contributed by atoms with Gasteiger partial charge in [0.05, 0.1) is 0 Å². The van der Waals surface area contributed by atoms with Crippen molar-refractivity contribution in [2.24, 2.45) is 0 Å². The molecule has 1 aromatic rings. The van der Waals surface area contributed by atoms with Gasteiger partial charge in [-0.15, -0.1) is 0 Å². The number of carbonyl (C=O) groups is 1. The summed E-state index contributed by atoms with van der Waals surface area (Å²) >= 11 is 0. The number of nitrogens with one attached hydrogen (secondary N) is 1. The Morgan fingerprint density at radius 2 is 2.12 bits per heavy atom. The number of carbonyl (C=O) groups excluding carboxylic acids is 1. The maximum atomic E-state index is 13.2. The van der Waals surface area contributed by atoms with Crippen LogP contribution in [0.2, 0.25) is 0 Å². The van der Waals surface area contributed by atoms with E-state index in [1.165, 1.54) is 6.07 Å². The standard InChI is InChI=1S/C13H18FNO/c1-2-3-10-15-13(16)9-8-11-6-4-5-7-12(11)14/h4-7H,2-3,8-10H2,1H3,(H,15,16). The minimum atomic E-state index is -0.233. The summed E-state index contributed by atoms with van der Waals surface area (Å²) < 4.78 is 13.2. The number of aryl methyl sites for hydroxylation is 1. The van der Waals surface area contributed by atoms with Crippen LogP contribution in [-0.2, 0) is 11.2 Å². The molecule has 0 saturated carbocycles. The van der Waals surface area contributed by atoms with Crippen molar-refractivity contribution in [3.8, 4) is 0 Å². The predicted octanol–water partition coefficient (Wildman–Crippen LogP) is 2.67. The normalized spacial score (nSPS) is 10.1. The molecule has 0 spiro atoms. The van der Waals surface area contributed by atoms with E-state index in [1.807, 2.05) is 0 Å². The molecule has 1 N–H and O–H groups in total. The Balaban J connectivity index is 2.29. The summed E-state index contributed by atoms with van der Waals surface area (Å²) in [4.78, 5) is 11.4. The lowest BCUT2D eigenvalue weighted by atomic mass is 10.1. The van der Waals surface area contributed by atoms with Gasteiger partial charge in [-0.2, -0.15) is 0 Å². The summed E-state index contributed by atoms with van der Waals surface area (Å²) in [5.74, 6) is -0.236. The first kappa shape index (κ1) is 12.7. The molecule has 0 radical (unpaired) electrons. The molecule has 1 amide bonds. The third-order valence-electron chi connectivity index (χ3n) is 2.43. The van der Waals surface area contributed by atoms with E-state index in [2.05, 4.69) is 12.2 Å². The van der Waals surface area contributed by atoms with E-state index in [4.69, 9.17) is 0 Å². The highest BCUT2D eigenvalue weighted by atomic mass is 19.1. The maximum Gasteiger partial charge on any atom is 0.220 e. The second-order valence-electron chi connectivity index (χ2n) is 3.79. The first-order chi connectivity index (χ1) is 7.74. The Bertz CT molecular complexity index is 338. The summed E-state index contributed by atoms with van der Waals surface area (Å²) in [5, 5.41) is 2.81. The number of hydrogen-bond donors (Lipinski definition) is 1. The molecule has 0 heterocycles. The second kappa shape index (κ2) is 6.99. The molecule has 1 aromatic carbocycles. The third-order valence-corrected chi connectivity index (χ3v) is 2.43. The van der Waals surface area contributed by atoms with Crippen LogP contribution in [0.3, 0.4) is 0 Å². The molecule has 0 saturated heterocycles. The number of halogens is 1. The van der Waals surface area contributed by atoms with Gasteiger partial charge in [-0.1, -0.05) is 31.5 Å². The van der Waals surface area contributed by atoms with Crippen molar-refractivity contribution in [3.05, 3.63) is 35.6 Å². The molecule has 1 rings (SSSR count). The topological polar surface area (TPSA) is 29.1 Å². The van der Waals surface area contributed by atoms with Crippen LogP contribution < -0.4 is 5.32 Å². The van der Waals surface area contributed by atoms with Crippen LogP contribution in [0, 0.1) is 5.82 Å². The van der Waals surface area contributed by atoms with E-state index < -0.39 is 0 Å². The molecule has 0 aromatic heterocycles. The van der Waals surface area contributed by atoms with Crippen molar-refractivity contribution in [1.82, 2.24) is 5.32 Å². The molecule has 0 aliphatic rings. The van der Waals surface area contributed by atoms with Crippen LogP contribution >= 0.6 is 0 Å². The van der Waals surface area contributed by atoms with Gasteiger partial charge >= 0.3 is 0 Å². The van der Waals surface area contributed by atoms with E-state index in [0.29, 0.717) is 24.9 Å². The third kappa shape index (κ3) is 4.43. The summed E-state index contributed by atoms with van der Waals surface area (Å²) in [5.41, 5.74) is 0.605. The smallest absolute Gasteiger partial charge is 0.220 e. The highest BCUT2D eigenvalue weighted by Crippen LogP contribution is 2.08. The fraction of sp³-hybridized carbons (Fsp3) is 0.462. The Labute approximate surface area is 95.9 Å². The Morgan fingerprint density at radius 1 is 1.38 bits per heavy atom. The van der Waals surface area contributed by atoms with Gasteiger partial charge in [-0.25, -0.2) is 4.39 Å². The lowest BCUT2D eigenvalue weighted by Gasteiger charge is -2.04. The van der Waals surface area contributed by atoms with E-state index in [9.17, 15) is 9.18 Å². The van der Waals surface area contributed by atoms with Crippen molar-refractivity contribution in [2.45, 2.75) is 32.6 Å². The quantitative estimate of drug-likeness (QED) is 0.738. The van der Waals surface area contributed by atoms with Gasteiger partial charge in [0.1, 0.15) is 5.82 Å². The molecule has 0 fully saturated rings. The van der Waals surface area contributed by atoms with E-state index in [0.717, 1.165) is 12.8 Å². The first-order valence-electron chi connectivity index (χ1n) is 5.74. The SMILES string of the molecule is CCCCNC(=O)CCc1ccccc1F. The molecular weight excluding hydrogens is 205 g/mol. The van der Waals surface area contributed by atoms with Crippen LogP contribution in [0.4, 0.5) is 4.39 Å². The van der Waals surface area contributed by atoms with Gasteiger partial charge < -0.3 is 5.32 Å². The van der Waals surface area contributed by atoms with Crippen LogP contribution in [-0.4, -0.2) is 12.5 Å². The monoisotopic (exact) mass is 223 g/mol. The highest BCUT2D eigenvalue weighted by molar-refractivity contribution is 5.76. The zero-order chi connectivity index (χ0) is 11.8. The van der Waals surface area contributed by atoms with Crippen LogP contribution in [0.25, 0.3) is 0 Å². The summed E-state index contributed by atoms with van der Waals surface area (Å²) in [6.45, 7) is 2.79. The molecular formula is C13H18FNO. The van der Waals surface area contributed by atoms with Gasteiger partial charge in [0, 0.05) is 13.0 Å². The minimum absolute atomic E-state index is 0.00305. The molecule has 0 atom stereocenters. The summed E-state index contributed by atoms with van der Waals surface area (Å²) in [6.07, 6.45) is 2.87. The molecule has 88 valence electrons. The van der Waals surface area contributed by atoms with Crippen LogP contribution in [0.5, 0.6) is 0 Å². The molecule has 0 bridgehead atoms. The van der Waals surface area contributed by atoms with Crippen LogP contribution in [0.15, 0.2) is 24.3 Å². The Kier molecular flexibility index (Phi) is 5.54. The highest BCUT2D eigenvalue weighted by Gasteiger charge is 2.04. The largest absolute Gasteiger partial charge is 0.356 e. The number of benzene rings is 1. The molecule has 16 heavy (non-hydrogen) atoms. The molecule has 0 aliphatic carbocycles. The fourth-order valence-electron chi connectivity index (χ4n) is 1.44. The van der Waals surface area contributed by atoms with E-state index >= 15 is 0 Å². The van der Waals surface area contributed by atoms with Crippen LogP contribution in [0.1, 0.15) is 31.7 Å². The number of rotatable bonds is 6. The Hall–Kier alpha value is -1.38. The molecule has 0 unspecified atom stereocenters. The molecule has 2 nitrogen and oxygen atoms in total. The van der Waals surface area contributed by atoms with Gasteiger partial charge in [0.15, 0.2) is 0 Å². The molecule has 3 heteroatoms. The van der Waals surface area contributed by atoms with Gasteiger partial charge in [-0.3, -0.25) is 4.79 Å². The van der Waals surface area contributed by atoms with Crippen molar-refractivity contribution >= 4 is 5.91 Å². The van der Waals surface area contributed by atoms with Crippen molar-refractivity contribution in [1.29, 1.82) is 0 Å². The zero-order valence-corrected chi connectivity index (χ0v) is 9.63. The van der Waals surface area contributed by atoms with Crippen molar-refractivity contribution < 1.29 is 9.18 Å². The van der Waals surface area contributed by atoms with Gasteiger partial charge in [0.25, 0.3) is 0 Å². The molecule has 0 aliphatic heterocycles. The Morgan fingerprint density at radius 3 is 2.81 bits per heavy atom. The summed E-state index contributed by atoms with van der Waals surface area (Å²) in [7, 11) is 0. The number of hydrogen-bond acceptors (Lipinski definition) is 1. The first-order valence-corrected chi connectivity index (χ1v) is 5.74. The fourth-order valence-corrected chi connectivity index (χ4v) is 1.44. The maximum absolute atomic E-state index is 13.2. The van der Waals surface area contributed by atoms with Crippen molar-refractivity contribution in [2.75, 3.05) is 6.54 Å². The number of amides is 1. The summed E-state index contributed by atoms with van der Waals surface area (Å²) in [6, 6.07) is 6.58. The average molecular weight is 223 g/mol. The van der Waals surface area contributed by atoms with E-state index in [1.54, 1.807) is 18.2 Å². The minimum Gasteiger partial charge on any atom is -0.356 e. The van der Waals surface area contributed by atoms with Gasteiger partial charge in [-0.05, 0) is 24.5 Å². The number of unbranched alkanes of at least 4 members (excludes halogenated alkanes) is 1. The predicted molar refractivity (Wildman–Crippen MR) is 62.6 cm³/mol. The van der Waals surface area contributed by atoms with E-state index in [-0.39, 0.29) is 11.7 Å². The lowest BCUT2D eigenvalue weighted by molar-refractivity contribution is -0.121. The lowest BCUT2D eigenvalue weighted by Crippen LogP contribution is -2.24. The second-order valence-corrected chi connectivity index (χ2v) is 3.79. The average Bonchev–Trinajstić information content (AvgIpc) is 2.28. The zero-order valence-electron chi connectivity index (χ0n) is 9.63. The van der Waals surface area contributed by atoms with Gasteiger partial charge in [0.2, 0.25) is 5.91 Å². The van der Waals surface area contributed by atoms with Crippen molar-refractivity contribution in [3.63, 3.8) is 0 Å².